The number of hydrogen-bond acceptors (Lipinski definition) is 6. The van der Waals surface area contributed by atoms with Gasteiger partial charge in [0.1, 0.15) is 17.7 Å². The normalized spacial score (nSPS) is 22.3. The SMILES string of the molecule is CCOC(=O)[C@H]1C[C@H](OC=O)CN1C(=O)OC(C)(C)C. The van der Waals surface area contributed by atoms with Gasteiger partial charge < -0.3 is 14.2 Å². The summed E-state index contributed by atoms with van der Waals surface area (Å²) in [5.74, 6) is -0.518. The van der Waals surface area contributed by atoms with Crippen molar-refractivity contribution in [2.75, 3.05) is 13.2 Å². The lowest BCUT2D eigenvalue weighted by Crippen LogP contribution is -2.44. The lowest BCUT2D eigenvalue weighted by Gasteiger charge is -2.27. The quantitative estimate of drug-likeness (QED) is 0.437. The molecule has 0 unspecified atom stereocenters. The first-order valence-corrected chi connectivity index (χ1v) is 6.53. The molecule has 2 atom stereocenters. The number of rotatable bonds is 4. The van der Waals surface area contributed by atoms with E-state index in [1.807, 2.05) is 0 Å². The molecular weight excluding hydrogens is 266 g/mol. The van der Waals surface area contributed by atoms with Crippen LogP contribution in [0.25, 0.3) is 0 Å². The summed E-state index contributed by atoms with van der Waals surface area (Å²) in [7, 11) is 0. The van der Waals surface area contributed by atoms with Gasteiger partial charge in [-0.1, -0.05) is 0 Å². The number of ether oxygens (including phenoxy) is 3. The molecule has 0 spiro atoms. The lowest BCUT2D eigenvalue weighted by atomic mass is 10.2. The van der Waals surface area contributed by atoms with Crippen LogP contribution in [0, 0.1) is 0 Å². The Hall–Kier alpha value is -1.79. The minimum atomic E-state index is -0.783. The summed E-state index contributed by atoms with van der Waals surface area (Å²) in [4.78, 5) is 35.6. The van der Waals surface area contributed by atoms with Crippen molar-refractivity contribution in [2.45, 2.75) is 51.9 Å². The van der Waals surface area contributed by atoms with Gasteiger partial charge in [-0.05, 0) is 27.7 Å². The van der Waals surface area contributed by atoms with Gasteiger partial charge in [-0.2, -0.15) is 0 Å². The van der Waals surface area contributed by atoms with E-state index in [2.05, 4.69) is 0 Å². The van der Waals surface area contributed by atoms with Gasteiger partial charge in [0.2, 0.25) is 0 Å². The van der Waals surface area contributed by atoms with E-state index in [4.69, 9.17) is 14.2 Å². The van der Waals surface area contributed by atoms with Gasteiger partial charge in [-0.3, -0.25) is 9.69 Å². The number of nitrogens with zero attached hydrogens (tertiary/aromatic N) is 1. The highest BCUT2D eigenvalue weighted by atomic mass is 16.6. The number of carbonyl (C=O) groups is 3. The molecule has 0 bridgehead atoms. The summed E-state index contributed by atoms with van der Waals surface area (Å²) in [5.41, 5.74) is -0.667. The van der Waals surface area contributed by atoms with Crippen LogP contribution in [0.4, 0.5) is 4.79 Å². The first kappa shape index (κ1) is 16.3. The third kappa shape index (κ3) is 4.40. The average molecular weight is 287 g/mol. The number of esters is 1. The van der Waals surface area contributed by atoms with Crippen LogP contribution in [0.15, 0.2) is 0 Å². The van der Waals surface area contributed by atoms with Gasteiger partial charge in [-0.25, -0.2) is 9.59 Å². The molecule has 1 aliphatic rings. The molecule has 20 heavy (non-hydrogen) atoms. The summed E-state index contributed by atoms with van der Waals surface area (Å²) in [6.45, 7) is 7.54. The topological polar surface area (TPSA) is 82.1 Å². The van der Waals surface area contributed by atoms with E-state index in [0.717, 1.165) is 0 Å². The Morgan fingerprint density at radius 2 is 2.00 bits per heavy atom. The summed E-state index contributed by atoms with van der Waals surface area (Å²) in [6.07, 6.45) is -0.918. The van der Waals surface area contributed by atoms with Crippen LogP contribution in [-0.2, 0) is 23.8 Å². The second kappa shape index (κ2) is 6.58. The molecule has 0 aromatic rings. The van der Waals surface area contributed by atoms with E-state index in [-0.39, 0.29) is 19.6 Å². The van der Waals surface area contributed by atoms with Crippen molar-refractivity contribution in [1.29, 1.82) is 0 Å². The largest absolute Gasteiger partial charge is 0.464 e. The molecule has 1 heterocycles. The van der Waals surface area contributed by atoms with Gasteiger partial charge >= 0.3 is 12.1 Å². The average Bonchev–Trinajstić information content (AvgIpc) is 2.72. The molecule has 1 fully saturated rings. The Morgan fingerprint density at radius 3 is 2.50 bits per heavy atom. The van der Waals surface area contributed by atoms with Crippen LogP contribution >= 0.6 is 0 Å². The van der Waals surface area contributed by atoms with Gasteiger partial charge in [-0.15, -0.1) is 0 Å². The molecule has 1 aliphatic heterocycles. The summed E-state index contributed by atoms with van der Waals surface area (Å²) >= 11 is 0. The molecule has 0 aliphatic carbocycles. The van der Waals surface area contributed by atoms with E-state index >= 15 is 0 Å². The van der Waals surface area contributed by atoms with Crippen molar-refractivity contribution in [3.05, 3.63) is 0 Å². The predicted molar refractivity (Wildman–Crippen MR) is 68.9 cm³/mol. The maximum absolute atomic E-state index is 12.1. The fourth-order valence-corrected chi connectivity index (χ4v) is 1.96. The number of amides is 1. The van der Waals surface area contributed by atoms with E-state index in [0.29, 0.717) is 6.47 Å². The Balaban J connectivity index is 2.79. The zero-order chi connectivity index (χ0) is 15.3. The van der Waals surface area contributed by atoms with Crippen molar-refractivity contribution in [3.8, 4) is 0 Å². The monoisotopic (exact) mass is 287 g/mol. The minimum absolute atomic E-state index is 0.122. The molecule has 1 amide bonds. The van der Waals surface area contributed by atoms with Gasteiger partial charge in [0.15, 0.2) is 0 Å². The van der Waals surface area contributed by atoms with Gasteiger partial charge in [0.25, 0.3) is 6.47 Å². The smallest absolute Gasteiger partial charge is 0.411 e. The van der Waals surface area contributed by atoms with E-state index in [1.165, 1.54) is 4.90 Å². The fraction of sp³-hybridized carbons (Fsp3) is 0.769. The molecule has 1 rings (SSSR count). The second-order valence-corrected chi connectivity index (χ2v) is 5.49. The molecule has 0 aromatic heterocycles. The van der Waals surface area contributed by atoms with Crippen molar-refractivity contribution < 1.29 is 28.6 Å². The third-order valence-electron chi connectivity index (χ3n) is 2.70. The van der Waals surface area contributed by atoms with E-state index in [9.17, 15) is 14.4 Å². The molecular formula is C13H21NO6. The highest BCUT2D eigenvalue weighted by Crippen LogP contribution is 2.23. The van der Waals surface area contributed by atoms with Crippen molar-refractivity contribution >= 4 is 18.5 Å². The van der Waals surface area contributed by atoms with Crippen LogP contribution in [0.5, 0.6) is 0 Å². The zero-order valence-corrected chi connectivity index (χ0v) is 12.3. The second-order valence-electron chi connectivity index (χ2n) is 5.49. The first-order chi connectivity index (χ1) is 9.28. The predicted octanol–water partition coefficient (Wildman–Crippen LogP) is 1.10. The number of likely N-dealkylation sites (tertiary alicyclic amines) is 1. The van der Waals surface area contributed by atoms with Crippen LogP contribution in [0.3, 0.4) is 0 Å². The standard InChI is InChI=1S/C13H21NO6/c1-5-18-11(16)10-6-9(19-8-15)7-14(10)12(17)20-13(2,3)4/h8-10H,5-7H2,1-4H3/t9-,10+/m0/s1. The Labute approximate surface area is 118 Å². The maximum Gasteiger partial charge on any atom is 0.411 e. The first-order valence-electron chi connectivity index (χ1n) is 6.53. The molecule has 0 saturated carbocycles. The fourth-order valence-electron chi connectivity index (χ4n) is 1.96. The molecule has 0 aromatic carbocycles. The molecule has 1 saturated heterocycles. The zero-order valence-electron chi connectivity index (χ0n) is 12.3. The highest BCUT2D eigenvalue weighted by Gasteiger charge is 2.43. The Kier molecular flexibility index (Phi) is 5.35. The van der Waals surface area contributed by atoms with Gasteiger partial charge in [0, 0.05) is 6.42 Å². The maximum atomic E-state index is 12.1. The van der Waals surface area contributed by atoms with Crippen LogP contribution in [-0.4, -0.2) is 54.3 Å². The number of carbonyl (C=O) groups excluding carboxylic acids is 3. The van der Waals surface area contributed by atoms with Gasteiger partial charge in [0.05, 0.1) is 13.2 Å². The minimum Gasteiger partial charge on any atom is -0.464 e. The highest BCUT2D eigenvalue weighted by molar-refractivity contribution is 5.82. The van der Waals surface area contributed by atoms with Crippen molar-refractivity contribution in [2.24, 2.45) is 0 Å². The van der Waals surface area contributed by atoms with E-state index in [1.54, 1.807) is 27.7 Å². The summed E-state index contributed by atoms with van der Waals surface area (Å²) < 4.78 is 15.0. The lowest BCUT2D eigenvalue weighted by molar-refractivity contribution is -0.148. The summed E-state index contributed by atoms with van der Waals surface area (Å²) in [6, 6.07) is -0.783. The third-order valence-corrected chi connectivity index (χ3v) is 2.70. The molecule has 0 radical (unpaired) electrons. The molecule has 7 heteroatoms. The molecule has 114 valence electrons. The van der Waals surface area contributed by atoms with Crippen molar-refractivity contribution in [1.82, 2.24) is 4.90 Å². The Morgan fingerprint density at radius 1 is 1.35 bits per heavy atom. The van der Waals surface area contributed by atoms with Crippen LogP contribution in [0.1, 0.15) is 34.1 Å². The Bertz CT molecular complexity index is 376. The van der Waals surface area contributed by atoms with Crippen molar-refractivity contribution in [3.63, 3.8) is 0 Å². The van der Waals surface area contributed by atoms with Crippen LogP contribution < -0.4 is 0 Å². The van der Waals surface area contributed by atoms with E-state index < -0.39 is 29.8 Å². The molecule has 7 nitrogen and oxygen atoms in total. The van der Waals surface area contributed by atoms with Crippen LogP contribution in [0.2, 0.25) is 0 Å². The molecule has 0 N–H and O–H groups in total. The summed E-state index contributed by atoms with van der Waals surface area (Å²) in [5, 5.41) is 0. The number of hydrogen-bond donors (Lipinski definition) is 0.